The Labute approximate surface area is 179 Å². The third kappa shape index (κ3) is 3.94. The summed E-state index contributed by atoms with van der Waals surface area (Å²) in [4.78, 5) is 30.1. The SMILES string of the molecule is CCCCOCC1CC2(CC(C)(c3csc(Nc4ccccc4)n3)OC2=O)C(=O)O1. The van der Waals surface area contributed by atoms with Crippen LogP contribution in [-0.2, 0) is 29.4 Å². The number of thiazole rings is 1. The summed E-state index contributed by atoms with van der Waals surface area (Å²) in [5.41, 5.74) is -0.689. The molecule has 3 atom stereocenters. The third-order valence-corrected chi connectivity index (χ3v) is 6.36. The van der Waals surface area contributed by atoms with Crippen LogP contribution in [0.1, 0.15) is 45.2 Å². The highest BCUT2D eigenvalue weighted by atomic mass is 32.1. The topological polar surface area (TPSA) is 86.8 Å². The zero-order valence-corrected chi connectivity index (χ0v) is 18.0. The zero-order valence-electron chi connectivity index (χ0n) is 17.2. The molecule has 1 aromatic heterocycles. The van der Waals surface area contributed by atoms with Crippen LogP contribution in [0, 0.1) is 5.41 Å². The van der Waals surface area contributed by atoms with E-state index in [-0.39, 0.29) is 12.8 Å². The number of hydrogen-bond acceptors (Lipinski definition) is 8. The fourth-order valence-corrected chi connectivity index (χ4v) is 4.84. The van der Waals surface area contributed by atoms with Gasteiger partial charge in [-0.3, -0.25) is 9.59 Å². The number of cyclic esters (lactones) is 2. The summed E-state index contributed by atoms with van der Waals surface area (Å²) in [6.07, 6.45) is 2.07. The van der Waals surface area contributed by atoms with Crippen LogP contribution in [-0.4, -0.2) is 36.2 Å². The van der Waals surface area contributed by atoms with E-state index >= 15 is 0 Å². The van der Waals surface area contributed by atoms with Gasteiger partial charge in [0.15, 0.2) is 16.1 Å². The first-order valence-corrected chi connectivity index (χ1v) is 11.1. The Kier molecular flexibility index (Phi) is 5.79. The van der Waals surface area contributed by atoms with Gasteiger partial charge in [-0.25, -0.2) is 4.98 Å². The van der Waals surface area contributed by atoms with Crippen molar-refractivity contribution in [3.8, 4) is 0 Å². The van der Waals surface area contributed by atoms with Crippen molar-refractivity contribution >= 4 is 34.1 Å². The van der Waals surface area contributed by atoms with Gasteiger partial charge in [0.1, 0.15) is 6.10 Å². The van der Waals surface area contributed by atoms with Crippen molar-refractivity contribution in [1.82, 2.24) is 4.98 Å². The predicted octanol–water partition coefficient (Wildman–Crippen LogP) is 4.17. The largest absolute Gasteiger partial charge is 0.459 e. The molecule has 1 N–H and O–H groups in total. The van der Waals surface area contributed by atoms with Gasteiger partial charge < -0.3 is 19.5 Å². The minimum Gasteiger partial charge on any atom is -0.459 e. The summed E-state index contributed by atoms with van der Waals surface area (Å²) >= 11 is 1.43. The summed E-state index contributed by atoms with van der Waals surface area (Å²) in [5.74, 6) is -1.05. The summed E-state index contributed by atoms with van der Waals surface area (Å²) < 4.78 is 16.8. The molecular formula is C22H26N2O5S. The van der Waals surface area contributed by atoms with Crippen LogP contribution >= 0.6 is 11.3 Å². The number of para-hydroxylation sites is 1. The van der Waals surface area contributed by atoms with E-state index in [1.165, 1.54) is 11.3 Å². The molecule has 2 fully saturated rings. The molecule has 0 aliphatic carbocycles. The number of hydrogen-bond donors (Lipinski definition) is 1. The van der Waals surface area contributed by atoms with Gasteiger partial charge in [0.2, 0.25) is 0 Å². The third-order valence-electron chi connectivity index (χ3n) is 5.61. The van der Waals surface area contributed by atoms with E-state index in [0.717, 1.165) is 18.5 Å². The number of carbonyl (C=O) groups excluding carboxylic acids is 2. The maximum atomic E-state index is 12.8. The molecule has 7 nitrogen and oxygen atoms in total. The molecule has 0 radical (unpaired) electrons. The van der Waals surface area contributed by atoms with Gasteiger partial charge in [0.05, 0.1) is 12.3 Å². The molecule has 4 rings (SSSR count). The molecule has 30 heavy (non-hydrogen) atoms. The second-order valence-corrected chi connectivity index (χ2v) is 8.93. The Morgan fingerprint density at radius 2 is 2.07 bits per heavy atom. The average Bonchev–Trinajstić information content (AvgIpc) is 3.38. The zero-order chi connectivity index (χ0) is 21.2. The summed E-state index contributed by atoms with van der Waals surface area (Å²) in [6.45, 7) is 4.82. The van der Waals surface area contributed by atoms with Gasteiger partial charge in [-0.2, -0.15) is 0 Å². The number of esters is 2. The Balaban J connectivity index is 1.45. The standard InChI is InChI=1S/C22H26N2O5S/c1-3-4-10-27-12-16-11-22(18(25)28-16)14-21(2,29-19(22)26)17-13-30-20(24-17)23-15-8-6-5-7-9-15/h5-9,13,16H,3-4,10-12,14H2,1-2H3,(H,23,24). The quantitative estimate of drug-likeness (QED) is 0.382. The predicted molar refractivity (Wildman–Crippen MR) is 113 cm³/mol. The van der Waals surface area contributed by atoms with Crippen LogP contribution in [0.15, 0.2) is 35.7 Å². The number of ether oxygens (including phenoxy) is 3. The number of nitrogens with zero attached hydrogens (tertiary/aromatic N) is 1. The van der Waals surface area contributed by atoms with Crippen LogP contribution < -0.4 is 5.32 Å². The van der Waals surface area contributed by atoms with Gasteiger partial charge in [-0.1, -0.05) is 31.5 Å². The lowest BCUT2D eigenvalue weighted by Gasteiger charge is -2.20. The van der Waals surface area contributed by atoms with E-state index in [9.17, 15) is 9.59 Å². The van der Waals surface area contributed by atoms with Crippen molar-refractivity contribution in [3.05, 3.63) is 41.4 Å². The minimum atomic E-state index is -1.27. The molecule has 0 bridgehead atoms. The highest BCUT2D eigenvalue weighted by Gasteiger charge is 2.65. The van der Waals surface area contributed by atoms with Crippen LogP contribution in [0.25, 0.3) is 0 Å². The smallest absolute Gasteiger partial charge is 0.324 e. The van der Waals surface area contributed by atoms with Crippen LogP contribution in [0.4, 0.5) is 10.8 Å². The second kappa shape index (κ2) is 8.35. The molecule has 1 aromatic carbocycles. The number of carbonyl (C=O) groups is 2. The summed E-state index contributed by atoms with van der Waals surface area (Å²) in [6, 6.07) is 9.72. The highest BCUT2D eigenvalue weighted by molar-refractivity contribution is 7.13. The van der Waals surface area contributed by atoms with Crippen molar-refractivity contribution in [2.24, 2.45) is 5.41 Å². The number of anilines is 2. The van der Waals surface area contributed by atoms with Gasteiger partial charge >= 0.3 is 11.9 Å². The van der Waals surface area contributed by atoms with E-state index in [1.807, 2.05) is 35.7 Å². The van der Waals surface area contributed by atoms with Crippen LogP contribution in [0.2, 0.25) is 0 Å². The number of unbranched alkanes of at least 4 members (excludes halogenated alkanes) is 1. The summed E-state index contributed by atoms with van der Waals surface area (Å²) in [5, 5.41) is 5.81. The van der Waals surface area contributed by atoms with Gasteiger partial charge in [0, 0.05) is 30.5 Å². The van der Waals surface area contributed by atoms with Gasteiger partial charge in [0.25, 0.3) is 0 Å². The molecule has 8 heteroatoms. The number of aromatic nitrogens is 1. The van der Waals surface area contributed by atoms with Gasteiger partial charge in [-0.05, 0) is 25.5 Å². The van der Waals surface area contributed by atoms with Crippen molar-refractivity contribution in [2.75, 3.05) is 18.5 Å². The highest BCUT2D eigenvalue weighted by Crippen LogP contribution is 2.52. The minimum absolute atomic E-state index is 0.220. The van der Waals surface area contributed by atoms with Gasteiger partial charge in [-0.15, -0.1) is 11.3 Å². The lowest BCUT2D eigenvalue weighted by Crippen LogP contribution is -2.32. The molecule has 2 aromatic rings. The fourth-order valence-electron chi connectivity index (χ4n) is 3.99. The van der Waals surface area contributed by atoms with E-state index in [1.54, 1.807) is 6.92 Å². The number of nitrogens with one attached hydrogen (secondary N) is 1. The summed E-state index contributed by atoms with van der Waals surface area (Å²) in [7, 11) is 0. The Hall–Kier alpha value is -2.45. The molecule has 2 saturated heterocycles. The lowest BCUT2D eigenvalue weighted by atomic mass is 9.78. The first-order valence-electron chi connectivity index (χ1n) is 10.3. The fraction of sp³-hybridized carbons (Fsp3) is 0.500. The molecular weight excluding hydrogens is 404 g/mol. The Bertz CT molecular complexity index is 917. The first kappa shape index (κ1) is 20.8. The molecule has 2 aliphatic rings. The van der Waals surface area contributed by atoms with E-state index in [0.29, 0.717) is 24.0 Å². The molecule has 160 valence electrons. The van der Waals surface area contributed by atoms with Crippen LogP contribution in [0.3, 0.4) is 0 Å². The van der Waals surface area contributed by atoms with E-state index in [4.69, 9.17) is 14.2 Å². The molecule has 0 amide bonds. The number of benzene rings is 1. The monoisotopic (exact) mass is 430 g/mol. The molecule has 3 heterocycles. The Morgan fingerprint density at radius 1 is 1.27 bits per heavy atom. The van der Waals surface area contributed by atoms with Crippen molar-refractivity contribution in [2.45, 2.75) is 51.2 Å². The Morgan fingerprint density at radius 3 is 2.83 bits per heavy atom. The van der Waals surface area contributed by atoms with Crippen LogP contribution in [0.5, 0.6) is 0 Å². The normalized spacial score (nSPS) is 28.0. The first-order chi connectivity index (χ1) is 14.4. The lowest BCUT2D eigenvalue weighted by molar-refractivity contribution is -0.160. The maximum absolute atomic E-state index is 12.8. The molecule has 2 aliphatic heterocycles. The van der Waals surface area contributed by atoms with Crippen molar-refractivity contribution in [1.29, 1.82) is 0 Å². The van der Waals surface area contributed by atoms with E-state index < -0.39 is 29.1 Å². The second-order valence-electron chi connectivity index (χ2n) is 8.07. The molecule has 0 saturated carbocycles. The van der Waals surface area contributed by atoms with E-state index in [2.05, 4.69) is 17.2 Å². The average molecular weight is 431 g/mol. The number of rotatable bonds is 8. The molecule has 3 unspecified atom stereocenters. The van der Waals surface area contributed by atoms with Crippen molar-refractivity contribution in [3.63, 3.8) is 0 Å². The molecule has 1 spiro atoms. The maximum Gasteiger partial charge on any atom is 0.324 e. The van der Waals surface area contributed by atoms with Crippen molar-refractivity contribution < 1.29 is 23.8 Å².